The molecule has 0 radical (unpaired) electrons. The average molecular weight is 460 g/mol. The van der Waals surface area contributed by atoms with Gasteiger partial charge >= 0.3 is 0 Å². The molecule has 1 saturated heterocycles. The van der Waals surface area contributed by atoms with E-state index < -0.39 is 6.10 Å². The average Bonchev–Trinajstić information content (AvgIpc) is 3.56. The van der Waals surface area contributed by atoms with E-state index in [4.69, 9.17) is 9.15 Å². The lowest BCUT2D eigenvalue weighted by molar-refractivity contribution is -0.129. The number of benzene rings is 2. The molecule has 0 saturated carbocycles. The van der Waals surface area contributed by atoms with Crippen LogP contribution in [0, 0.1) is 0 Å². The molecule has 34 heavy (non-hydrogen) atoms. The molecule has 3 aromatic rings. The number of carbonyl (C=O) groups excluding carboxylic acids is 3. The number of rotatable bonds is 6. The SMILES string of the molecule is CN(C)C(=O)CN1Cc2ccc(N3CCC(Oc4ccc(-c5cnco5)cc4)C3=O)cc2C1=O. The number of aromatic nitrogens is 1. The van der Waals surface area contributed by atoms with Crippen molar-refractivity contribution in [2.45, 2.75) is 19.1 Å². The number of anilines is 1. The van der Waals surface area contributed by atoms with Gasteiger partial charge in [0.15, 0.2) is 18.3 Å². The van der Waals surface area contributed by atoms with Crippen LogP contribution < -0.4 is 9.64 Å². The van der Waals surface area contributed by atoms with Crippen molar-refractivity contribution in [2.75, 3.05) is 32.1 Å². The number of carbonyl (C=O) groups is 3. The van der Waals surface area contributed by atoms with E-state index in [1.807, 2.05) is 24.3 Å². The molecule has 1 atom stereocenters. The Hall–Kier alpha value is -4.14. The minimum Gasteiger partial charge on any atom is -0.481 e. The topological polar surface area (TPSA) is 96.2 Å². The molecule has 3 amide bonds. The summed E-state index contributed by atoms with van der Waals surface area (Å²) in [6.45, 7) is 0.914. The molecule has 0 bridgehead atoms. The molecule has 0 spiro atoms. The van der Waals surface area contributed by atoms with Crippen LogP contribution >= 0.6 is 0 Å². The predicted molar refractivity (Wildman–Crippen MR) is 123 cm³/mol. The Morgan fingerprint density at radius 2 is 1.97 bits per heavy atom. The molecule has 1 unspecified atom stereocenters. The molecule has 0 N–H and O–H groups in total. The maximum Gasteiger partial charge on any atom is 0.268 e. The van der Waals surface area contributed by atoms with E-state index in [-0.39, 0.29) is 24.3 Å². The summed E-state index contributed by atoms with van der Waals surface area (Å²) in [5, 5.41) is 0. The van der Waals surface area contributed by atoms with Crippen molar-refractivity contribution >= 4 is 23.4 Å². The monoisotopic (exact) mass is 460 g/mol. The second kappa shape index (κ2) is 8.66. The summed E-state index contributed by atoms with van der Waals surface area (Å²) in [6.07, 6.45) is 2.94. The molecular formula is C25H24N4O5. The zero-order valence-corrected chi connectivity index (χ0v) is 18.9. The minimum atomic E-state index is -0.603. The summed E-state index contributed by atoms with van der Waals surface area (Å²) >= 11 is 0. The molecule has 2 aliphatic rings. The fraction of sp³-hybridized carbons (Fsp3) is 0.280. The van der Waals surface area contributed by atoms with Crippen LogP contribution in [0.1, 0.15) is 22.3 Å². The zero-order chi connectivity index (χ0) is 23.8. The lowest BCUT2D eigenvalue weighted by atomic mass is 10.1. The van der Waals surface area contributed by atoms with E-state index in [0.29, 0.717) is 42.3 Å². The molecule has 9 nitrogen and oxygen atoms in total. The largest absolute Gasteiger partial charge is 0.481 e. The molecule has 9 heteroatoms. The Labute approximate surface area is 196 Å². The van der Waals surface area contributed by atoms with Crippen LogP contribution in [0.25, 0.3) is 11.3 Å². The third-order valence-corrected chi connectivity index (χ3v) is 6.11. The highest BCUT2D eigenvalue weighted by molar-refractivity contribution is 6.03. The molecular weight excluding hydrogens is 436 g/mol. The number of oxazole rings is 1. The fourth-order valence-electron chi connectivity index (χ4n) is 4.19. The maximum absolute atomic E-state index is 13.1. The third kappa shape index (κ3) is 4.00. The Kier molecular flexibility index (Phi) is 5.53. The first-order valence-corrected chi connectivity index (χ1v) is 11.0. The van der Waals surface area contributed by atoms with Crippen molar-refractivity contribution in [1.29, 1.82) is 0 Å². The van der Waals surface area contributed by atoms with Crippen LogP contribution in [0.2, 0.25) is 0 Å². The Morgan fingerprint density at radius 1 is 1.18 bits per heavy atom. The molecule has 5 rings (SSSR count). The normalized spacial score (nSPS) is 17.3. The third-order valence-electron chi connectivity index (χ3n) is 6.11. The van der Waals surface area contributed by atoms with E-state index in [1.165, 1.54) is 16.2 Å². The molecule has 0 aliphatic carbocycles. The summed E-state index contributed by atoms with van der Waals surface area (Å²) in [5.74, 6) is 0.770. The Morgan fingerprint density at radius 3 is 2.68 bits per heavy atom. The second-order valence-electron chi connectivity index (χ2n) is 8.57. The zero-order valence-electron chi connectivity index (χ0n) is 18.9. The predicted octanol–water partition coefficient (Wildman–Crippen LogP) is 2.57. The van der Waals surface area contributed by atoms with Crippen molar-refractivity contribution < 1.29 is 23.5 Å². The summed E-state index contributed by atoms with van der Waals surface area (Å²) in [7, 11) is 3.33. The molecule has 174 valence electrons. The lowest BCUT2D eigenvalue weighted by Crippen LogP contribution is -2.36. The molecule has 2 aliphatic heterocycles. The van der Waals surface area contributed by atoms with Gasteiger partial charge in [-0.25, -0.2) is 4.98 Å². The first kappa shape index (κ1) is 21.7. The van der Waals surface area contributed by atoms with Crippen molar-refractivity contribution in [1.82, 2.24) is 14.8 Å². The van der Waals surface area contributed by atoms with Gasteiger partial charge in [0.25, 0.3) is 11.8 Å². The number of hydrogen-bond acceptors (Lipinski definition) is 6. The second-order valence-corrected chi connectivity index (χ2v) is 8.57. The Balaban J connectivity index is 1.26. The molecule has 2 aromatic carbocycles. The standard InChI is InChI=1S/C25H24N4O5/c1-27(2)23(30)14-28-13-17-3-6-18(11-20(17)24(28)31)29-10-9-21(25(29)32)34-19-7-4-16(5-8-19)22-12-26-15-33-22/h3-8,11-12,15,21H,9-10,13-14H2,1-2H3. The first-order valence-electron chi connectivity index (χ1n) is 11.0. The lowest BCUT2D eigenvalue weighted by Gasteiger charge is -2.18. The summed E-state index contributed by atoms with van der Waals surface area (Å²) < 4.78 is 11.2. The van der Waals surface area contributed by atoms with Crippen molar-refractivity contribution in [3.05, 3.63) is 66.2 Å². The van der Waals surface area contributed by atoms with Gasteiger partial charge in [0, 0.05) is 50.4 Å². The smallest absolute Gasteiger partial charge is 0.268 e. The highest BCUT2D eigenvalue weighted by atomic mass is 16.5. The van der Waals surface area contributed by atoms with Crippen LogP contribution in [-0.4, -0.2) is 65.8 Å². The quantitative estimate of drug-likeness (QED) is 0.561. The summed E-state index contributed by atoms with van der Waals surface area (Å²) in [5.41, 5.74) is 2.91. The number of fused-ring (bicyclic) bond motifs is 1. The van der Waals surface area contributed by atoms with Crippen molar-refractivity contribution in [2.24, 2.45) is 0 Å². The van der Waals surface area contributed by atoms with Crippen molar-refractivity contribution in [3.8, 4) is 17.1 Å². The van der Waals surface area contributed by atoms with E-state index >= 15 is 0 Å². The van der Waals surface area contributed by atoms with E-state index in [2.05, 4.69) is 4.98 Å². The van der Waals surface area contributed by atoms with Crippen molar-refractivity contribution in [3.63, 3.8) is 0 Å². The van der Waals surface area contributed by atoms with Crippen LogP contribution in [0.4, 0.5) is 5.69 Å². The summed E-state index contributed by atoms with van der Waals surface area (Å²) in [6, 6.07) is 12.7. The van der Waals surface area contributed by atoms with Crippen LogP contribution in [0.5, 0.6) is 5.75 Å². The van der Waals surface area contributed by atoms with Gasteiger partial charge in [0.1, 0.15) is 12.3 Å². The van der Waals surface area contributed by atoms with Gasteiger partial charge in [-0.3, -0.25) is 14.4 Å². The van der Waals surface area contributed by atoms with E-state index in [9.17, 15) is 14.4 Å². The highest BCUT2D eigenvalue weighted by Gasteiger charge is 2.36. The number of ether oxygens (including phenoxy) is 1. The first-order chi connectivity index (χ1) is 16.4. The number of hydrogen-bond donors (Lipinski definition) is 0. The number of nitrogens with zero attached hydrogens (tertiary/aromatic N) is 4. The minimum absolute atomic E-state index is 0.0314. The van der Waals surface area contributed by atoms with E-state index in [0.717, 1.165) is 11.1 Å². The van der Waals surface area contributed by atoms with Gasteiger partial charge in [0.05, 0.1) is 6.20 Å². The summed E-state index contributed by atoms with van der Waals surface area (Å²) in [4.78, 5) is 46.5. The van der Waals surface area contributed by atoms with Gasteiger partial charge in [0.2, 0.25) is 5.91 Å². The van der Waals surface area contributed by atoms with Crippen LogP contribution in [0.15, 0.2) is 59.5 Å². The molecule has 1 fully saturated rings. The fourth-order valence-corrected chi connectivity index (χ4v) is 4.19. The van der Waals surface area contributed by atoms with E-state index in [1.54, 1.807) is 43.4 Å². The van der Waals surface area contributed by atoms with Crippen LogP contribution in [0.3, 0.4) is 0 Å². The van der Waals surface area contributed by atoms with Gasteiger partial charge in [-0.05, 0) is 42.0 Å². The van der Waals surface area contributed by atoms with Gasteiger partial charge in [-0.2, -0.15) is 0 Å². The number of amides is 3. The van der Waals surface area contributed by atoms with Gasteiger partial charge < -0.3 is 23.9 Å². The van der Waals surface area contributed by atoms with Gasteiger partial charge in [-0.15, -0.1) is 0 Å². The maximum atomic E-state index is 13.1. The Bertz CT molecular complexity index is 1240. The molecule has 1 aromatic heterocycles. The molecule has 3 heterocycles. The van der Waals surface area contributed by atoms with Crippen LogP contribution in [-0.2, 0) is 16.1 Å². The highest BCUT2D eigenvalue weighted by Crippen LogP contribution is 2.31. The van der Waals surface area contributed by atoms with Gasteiger partial charge in [-0.1, -0.05) is 6.07 Å². The number of likely N-dealkylation sites (N-methyl/N-ethyl adjacent to an activating group) is 1.